The van der Waals surface area contributed by atoms with Crippen LogP contribution in [0.1, 0.15) is 12.0 Å². The predicted molar refractivity (Wildman–Crippen MR) is 116 cm³/mol. The van der Waals surface area contributed by atoms with Gasteiger partial charge in [-0.2, -0.15) is 5.26 Å². The Labute approximate surface area is 183 Å². The smallest absolute Gasteiger partial charge is 0.163 e. The van der Waals surface area contributed by atoms with Crippen LogP contribution in [0.2, 0.25) is 10.0 Å². The summed E-state index contributed by atoms with van der Waals surface area (Å²) in [6.45, 7) is 0.453. The molecule has 0 fully saturated rings. The molecule has 0 saturated heterocycles. The van der Waals surface area contributed by atoms with Gasteiger partial charge in [0.05, 0.1) is 42.0 Å². The van der Waals surface area contributed by atoms with Crippen molar-refractivity contribution in [2.75, 3.05) is 26.7 Å². The zero-order valence-corrected chi connectivity index (χ0v) is 18.0. The molecule has 0 aliphatic heterocycles. The Balaban J connectivity index is 2.27. The minimum absolute atomic E-state index is 0.363. The molecule has 5 nitrogen and oxygen atoms in total. The van der Waals surface area contributed by atoms with Gasteiger partial charge in [-0.05, 0) is 24.6 Å². The fourth-order valence-electron chi connectivity index (χ4n) is 2.96. The van der Waals surface area contributed by atoms with E-state index in [4.69, 9.17) is 49.0 Å². The second kappa shape index (κ2) is 9.41. The molecule has 1 aromatic heterocycles. The highest BCUT2D eigenvalue weighted by molar-refractivity contribution is 6.37. The molecule has 0 aliphatic rings. The number of rotatable bonds is 7. The topological polar surface area (TPSA) is 64.4 Å². The standard InChI is InChI=1S/C21H17Cl3N2O3/c1-27-18-6-13(15(23)8-16(18)24)21-12(10-25)11-26-17-9-20(29-5-3-4-22)19(28-2)7-14(17)21/h6-9,11H,3-5H2,1-2H3. The fourth-order valence-corrected chi connectivity index (χ4v) is 3.62. The lowest BCUT2D eigenvalue weighted by atomic mass is 9.96. The average molecular weight is 452 g/mol. The van der Waals surface area contributed by atoms with Gasteiger partial charge >= 0.3 is 0 Å². The van der Waals surface area contributed by atoms with Crippen molar-refractivity contribution in [2.24, 2.45) is 0 Å². The summed E-state index contributed by atoms with van der Waals surface area (Å²) in [5.41, 5.74) is 2.21. The summed E-state index contributed by atoms with van der Waals surface area (Å²) < 4.78 is 16.6. The van der Waals surface area contributed by atoms with Crippen molar-refractivity contribution in [3.63, 3.8) is 0 Å². The van der Waals surface area contributed by atoms with E-state index >= 15 is 0 Å². The molecular formula is C21H17Cl3N2O3. The SMILES string of the molecule is COc1cc(-c2c(C#N)cnc3cc(OCCCCl)c(OC)cc23)c(Cl)cc1Cl. The average Bonchev–Trinajstić information content (AvgIpc) is 2.73. The van der Waals surface area contributed by atoms with Crippen molar-refractivity contribution in [1.82, 2.24) is 4.98 Å². The number of nitriles is 1. The van der Waals surface area contributed by atoms with Crippen LogP contribution in [0.3, 0.4) is 0 Å². The third kappa shape index (κ3) is 4.30. The van der Waals surface area contributed by atoms with Gasteiger partial charge in [0.1, 0.15) is 11.8 Å². The number of pyridine rings is 1. The quantitative estimate of drug-likeness (QED) is 0.320. The van der Waals surface area contributed by atoms with Gasteiger partial charge in [-0.25, -0.2) is 0 Å². The summed E-state index contributed by atoms with van der Waals surface area (Å²) in [5, 5.41) is 11.1. The van der Waals surface area contributed by atoms with Gasteiger partial charge < -0.3 is 14.2 Å². The number of benzene rings is 2. The molecule has 0 spiro atoms. The first-order chi connectivity index (χ1) is 14.0. The van der Waals surface area contributed by atoms with Crippen molar-refractivity contribution < 1.29 is 14.2 Å². The summed E-state index contributed by atoms with van der Waals surface area (Å²) in [5.74, 6) is 2.02. The summed E-state index contributed by atoms with van der Waals surface area (Å²) >= 11 is 18.4. The molecule has 29 heavy (non-hydrogen) atoms. The zero-order valence-electron chi connectivity index (χ0n) is 15.8. The Hall–Kier alpha value is -2.39. The Morgan fingerprint density at radius 1 is 1.00 bits per heavy atom. The number of aromatic nitrogens is 1. The van der Waals surface area contributed by atoms with E-state index in [-0.39, 0.29) is 0 Å². The van der Waals surface area contributed by atoms with Gasteiger partial charge in [-0.3, -0.25) is 4.98 Å². The molecule has 0 saturated carbocycles. The van der Waals surface area contributed by atoms with E-state index in [1.807, 2.05) is 0 Å². The van der Waals surface area contributed by atoms with Gasteiger partial charge in [0.2, 0.25) is 0 Å². The van der Waals surface area contributed by atoms with Crippen LogP contribution < -0.4 is 14.2 Å². The molecule has 8 heteroatoms. The first-order valence-corrected chi connectivity index (χ1v) is 9.96. The minimum atomic E-state index is 0.363. The predicted octanol–water partition coefficient (Wildman–Crippen LogP) is 6.11. The lowest BCUT2D eigenvalue weighted by Gasteiger charge is -2.16. The van der Waals surface area contributed by atoms with Crippen LogP contribution in [0.5, 0.6) is 17.2 Å². The monoisotopic (exact) mass is 450 g/mol. The Morgan fingerprint density at radius 2 is 1.76 bits per heavy atom. The van der Waals surface area contributed by atoms with Crippen LogP contribution >= 0.6 is 34.8 Å². The van der Waals surface area contributed by atoms with Crippen LogP contribution in [0.15, 0.2) is 30.5 Å². The van der Waals surface area contributed by atoms with E-state index in [9.17, 15) is 5.26 Å². The third-order valence-corrected chi connectivity index (χ3v) is 5.20. The van der Waals surface area contributed by atoms with E-state index in [2.05, 4.69) is 11.1 Å². The second-order valence-electron chi connectivity index (χ2n) is 6.04. The highest BCUT2D eigenvalue weighted by Gasteiger charge is 2.19. The highest BCUT2D eigenvalue weighted by atomic mass is 35.5. The lowest BCUT2D eigenvalue weighted by Crippen LogP contribution is -2.01. The molecule has 0 amide bonds. The van der Waals surface area contributed by atoms with E-state index in [1.54, 1.807) is 31.4 Å². The third-order valence-electron chi connectivity index (χ3n) is 4.32. The molecule has 0 radical (unpaired) electrons. The maximum atomic E-state index is 9.68. The van der Waals surface area contributed by atoms with Gasteiger partial charge in [-0.15, -0.1) is 11.6 Å². The first kappa shape index (κ1) is 21.3. The largest absolute Gasteiger partial charge is 0.495 e. The first-order valence-electron chi connectivity index (χ1n) is 8.67. The van der Waals surface area contributed by atoms with Crippen molar-refractivity contribution in [1.29, 1.82) is 5.26 Å². The highest BCUT2D eigenvalue weighted by Crippen LogP contribution is 2.43. The number of halogens is 3. The zero-order chi connectivity index (χ0) is 21.0. The Morgan fingerprint density at radius 3 is 2.41 bits per heavy atom. The lowest BCUT2D eigenvalue weighted by molar-refractivity contribution is 0.295. The molecule has 0 N–H and O–H groups in total. The summed E-state index contributed by atoms with van der Waals surface area (Å²) in [7, 11) is 3.07. The fraction of sp³-hybridized carbons (Fsp3) is 0.238. The van der Waals surface area contributed by atoms with Crippen LogP contribution in [0, 0.1) is 11.3 Å². The number of ether oxygens (including phenoxy) is 3. The molecule has 0 aliphatic carbocycles. The Bertz CT molecular complexity index is 1100. The van der Waals surface area contributed by atoms with Crippen LogP contribution in [0.25, 0.3) is 22.0 Å². The molecule has 3 aromatic rings. The van der Waals surface area contributed by atoms with Crippen molar-refractivity contribution in [3.05, 3.63) is 46.1 Å². The molecule has 3 rings (SSSR count). The van der Waals surface area contributed by atoms with Crippen LogP contribution in [-0.2, 0) is 0 Å². The summed E-state index contributed by atoms with van der Waals surface area (Å²) in [6, 6.07) is 9.03. The summed E-state index contributed by atoms with van der Waals surface area (Å²) in [4.78, 5) is 4.41. The van der Waals surface area contributed by atoms with E-state index < -0.39 is 0 Å². The van der Waals surface area contributed by atoms with Crippen LogP contribution in [0.4, 0.5) is 0 Å². The normalized spacial score (nSPS) is 10.6. The number of alkyl halides is 1. The van der Waals surface area contributed by atoms with Crippen molar-refractivity contribution in [3.8, 4) is 34.4 Å². The number of nitrogens with zero attached hydrogens (tertiary/aromatic N) is 2. The number of hydrogen-bond acceptors (Lipinski definition) is 5. The molecular weight excluding hydrogens is 435 g/mol. The molecule has 150 valence electrons. The number of methoxy groups -OCH3 is 2. The van der Waals surface area contributed by atoms with Gasteiger partial charge in [0.25, 0.3) is 0 Å². The number of hydrogen-bond donors (Lipinski definition) is 0. The van der Waals surface area contributed by atoms with Crippen LogP contribution in [-0.4, -0.2) is 31.7 Å². The van der Waals surface area contributed by atoms with E-state index in [1.165, 1.54) is 13.3 Å². The maximum absolute atomic E-state index is 9.68. The molecule has 2 aromatic carbocycles. The second-order valence-corrected chi connectivity index (χ2v) is 7.23. The Kier molecular flexibility index (Phi) is 6.92. The molecule has 1 heterocycles. The summed E-state index contributed by atoms with van der Waals surface area (Å²) in [6.07, 6.45) is 2.21. The minimum Gasteiger partial charge on any atom is -0.495 e. The van der Waals surface area contributed by atoms with Crippen molar-refractivity contribution >= 4 is 45.7 Å². The van der Waals surface area contributed by atoms with Gasteiger partial charge in [0, 0.05) is 34.7 Å². The van der Waals surface area contributed by atoms with Gasteiger partial charge in [0.15, 0.2) is 11.5 Å². The molecule has 0 atom stereocenters. The van der Waals surface area contributed by atoms with Crippen molar-refractivity contribution in [2.45, 2.75) is 6.42 Å². The molecule has 0 bridgehead atoms. The van der Waals surface area contributed by atoms with E-state index in [0.717, 1.165) is 0 Å². The number of fused-ring (bicyclic) bond motifs is 1. The van der Waals surface area contributed by atoms with E-state index in [0.29, 0.717) is 73.8 Å². The maximum Gasteiger partial charge on any atom is 0.163 e. The molecule has 0 unspecified atom stereocenters. The van der Waals surface area contributed by atoms with Gasteiger partial charge in [-0.1, -0.05) is 23.2 Å².